The molecule has 130 valence electrons. The van der Waals surface area contributed by atoms with E-state index in [-0.39, 0.29) is 11.8 Å². The lowest BCUT2D eigenvalue weighted by Gasteiger charge is -2.33. The molecule has 0 bridgehead atoms. The summed E-state index contributed by atoms with van der Waals surface area (Å²) in [6.45, 7) is 2.92. The van der Waals surface area contributed by atoms with Crippen LogP contribution in [0, 0.1) is 0 Å². The highest BCUT2D eigenvalue weighted by Crippen LogP contribution is 2.19. The van der Waals surface area contributed by atoms with Gasteiger partial charge in [-0.1, -0.05) is 24.3 Å². The Balaban J connectivity index is 1.57. The lowest BCUT2D eigenvalue weighted by molar-refractivity contribution is -0.114. The molecular formula is C20H23N3O2. The second-order valence-electron chi connectivity index (χ2n) is 6.34. The molecule has 1 saturated heterocycles. The minimum atomic E-state index is -0.141. The van der Waals surface area contributed by atoms with Crippen LogP contribution in [-0.4, -0.2) is 35.8 Å². The van der Waals surface area contributed by atoms with E-state index in [0.29, 0.717) is 17.3 Å². The number of likely N-dealkylation sites (tertiary alicyclic amines) is 1. The van der Waals surface area contributed by atoms with Crippen molar-refractivity contribution in [3.05, 3.63) is 60.2 Å². The van der Waals surface area contributed by atoms with Gasteiger partial charge in [0.2, 0.25) is 5.91 Å². The fourth-order valence-corrected chi connectivity index (χ4v) is 3.11. The largest absolute Gasteiger partial charge is 0.382 e. The third-order valence-corrected chi connectivity index (χ3v) is 4.36. The molecule has 2 aromatic carbocycles. The van der Waals surface area contributed by atoms with Gasteiger partial charge in [-0.2, -0.15) is 0 Å². The van der Waals surface area contributed by atoms with Gasteiger partial charge < -0.3 is 15.5 Å². The summed E-state index contributed by atoms with van der Waals surface area (Å²) in [5.74, 6) is -0.122. The summed E-state index contributed by atoms with van der Waals surface area (Å²) >= 11 is 0. The number of rotatable bonds is 4. The van der Waals surface area contributed by atoms with E-state index in [4.69, 9.17) is 0 Å². The minimum Gasteiger partial charge on any atom is -0.382 e. The van der Waals surface area contributed by atoms with E-state index < -0.39 is 0 Å². The van der Waals surface area contributed by atoms with Gasteiger partial charge in [0.25, 0.3) is 5.91 Å². The van der Waals surface area contributed by atoms with Gasteiger partial charge in [-0.15, -0.1) is 0 Å². The summed E-state index contributed by atoms with van der Waals surface area (Å²) in [7, 11) is 0. The van der Waals surface area contributed by atoms with Gasteiger partial charge in [-0.3, -0.25) is 9.59 Å². The van der Waals surface area contributed by atoms with Gasteiger partial charge in [0, 0.05) is 43.0 Å². The van der Waals surface area contributed by atoms with Crippen LogP contribution in [0.25, 0.3) is 0 Å². The molecule has 0 aliphatic carbocycles. The highest BCUT2D eigenvalue weighted by Gasteiger charge is 2.23. The Morgan fingerprint density at radius 1 is 0.960 bits per heavy atom. The molecule has 0 aromatic heterocycles. The van der Waals surface area contributed by atoms with Crippen molar-refractivity contribution in [2.45, 2.75) is 25.8 Å². The molecule has 5 nitrogen and oxygen atoms in total. The maximum atomic E-state index is 12.7. The van der Waals surface area contributed by atoms with Crippen molar-refractivity contribution in [1.82, 2.24) is 4.90 Å². The predicted octanol–water partition coefficient (Wildman–Crippen LogP) is 3.36. The van der Waals surface area contributed by atoms with E-state index in [1.165, 1.54) is 6.92 Å². The fraction of sp³-hybridized carbons (Fsp3) is 0.300. The molecule has 0 spiro atoms. The summed E-state index contributed by atoms with van der Waals surface area (Å²) in [5.41, 5.74) is 2.38. The first-order chi connectivity index (χ1) is 12.1. The van der Waals surface area contributed by atoms with Crippen LogP contribution in [0.2, 0.25) is 0 Å². The number of benzene rings is 2. The Kier molecular flexibility index (Phi) is 5.33. The van der Waals surface area contributed by atoms with E-state index in [2.05, 4.69) is 22.8 Å². The highest BCUT2D eigenvalue weighted by atomic mass is 16.2. The van der Waals surface area contributed by atoms with E-state index in [0.717, 1.165) is 31.6 Å². The van der Waals surface area contributed by atoms with E-state index in [9.17, 15) is 9.59 Å². The normalized spacial score (nSPS) is 14.8. The highest BCUT2D eigenvalue weighted by molar-refractivity contribution is 5.96. The van der Waals surface area contributed by atoms with Crippen molar-refractivity contribution in [1.29, 1.82) is 0 Å². The molecule has 25 heavy (non-hydrogen) atoms. The second-order valence-corrected chi connectivity index (χ2v) is 6.34. The molecule has 1 heterocycles. The number of nitrogens with one attached hydrogen (secondary N) is 2. The average molecular weight is 337 g/mol. The third kappa shape index (κ3) is 4.59. The SMILES string of the molecule is CC(=O)Nc1cccc(C(=O)N2CCC(Nc3ccccc3)CC2)c1. The maximum Gasteiger partial charge on any atom is 0.253 e. The molecule has 1 fully saturated rings. The molecule has 1 aliphatic heterocycles. The van der Waals surface area contributed by atoms with E-state index >= 15 is 0 Å². The first kappa shape index (κ1) is 17.0. The summed E-state index contributed by atoms with van der Waals surface area (Å²) in [5, 5.41) is 6.24. The number of nitrogens with zero attached hydrogens (tertiary/aromatic N) is 1. The molecular weight excluding hydrogens is 314 g/mol. The van der Waals surface area contributed by atoms with Gasteiger partial charge in [-0.25, -0.2) is 0 Å². The van der Waals surface area contributed by atoms with Crippen LogP contribution in [0.15, 0.2) is 54.6 Å². The lowest BCUT2D eigenvalue weighted by atomic mass is 10.0. The quantitative estimate of drug-likeness (QED) is 0.899. The van der Waals surface area contributed by atoms with Crippen molar-refractivity contribution >= 4 is 23.2 Å². The zero-order valence-electron chi connectivity index (χ0n) is 14.4. The Morgan fingerprint density at radius 2 is 1.64 bits per heavy atom. The molecule has 0 saturated carbocycles. The number of carbonyl (C=O) groups is 2. The van der Waals surface area contributed by atoms with Crippen molar-refractivity contribution < 1.29 is 9.59 Å². The smallest absolute Gasteiger partial charge is 0.253 e. The fourth-order valence-electron chi connectivity index (χ4n) is 3.11. The van der Waals surface area contributed by atoms with Crippen molar-refractivity contribution in [3.63, 3.8) is 0 Å². The number of carbonyl (C=O) groups excluding carboxylic acids is 2. The van der Waals surface area contributed by atoms with Crippen LogP contribution >= 0.6 is 0 Å². The summed E-state index contributed by atoms with van der Waals surface area (Å²) in [4.78, 5) is 25.7. The number of hydrogen-bond acceptors (Lipinski definition) is 3. The summed E-state index contributed by atoms with van der Waals surface area (Å²) < 4.78 is 0. The third-order valence-electron chi connectivity index (χ3n) is 4.36. The molecule has 0 atom stereocenters. The average Bonchev–Trinajstić information content (AvgIpc) is 2.62. The van der Waals surface area contributed by atoms with Crippen molar-refractivity contribution in [3.8, 4) is 0 Å². The van der Waals surface area contributed by atoms with Crippen LogP contribution in [0.3, 0.4) is 0 Å². The molecule has 0 unspecified atom stereocenters. The molecule has 2 N–H and O–H groups in total. The number of para-hydroxylation sites is 1. The number of hydrogen-bond donors (Lipinski definition) is 2. The second kappa shape index (κ2) is 7.83. The molecule has 2 amide bonds. The van der Waals surface area contributed by atoms with E-state index in [1.807, 2.05) is 23.1 Å². The number of anilines is 2. The molecule has 0 radical (unpaired) electrons. The van der Waals surface area contributed by atoms with E-state index in [1.54, 1.807) is 24.3 Å². The zero-order chi connectivity index (χ0) is 17.6. The topological polar surface area (TPSA) is 61.4 Å². The lowest BCUT2D eigenvalue weighted by Crippen LogP contribution is -2.42. The molecule has 2 aromatic rings. The number of amides is 2. The standard InChI is InChI=1S/C20H23N3O2/c1-15(24)21-19-9-5-6-16(14-19)20(25)23-12-10-18(11-13-23)22-17-7-3-2-4-8-17/h2-9,14,18,22H,10-13H2,1H3,(H,21,24). The number of piperidine rings is 1. The Bertz CT molecular complexity index is 738. The van der Waals surface area contributed by atoms with Crippen molar-refractivity contribution in [2.75, 3.05) is 23.7 Å². The first-order valence-corrected chi connectivity index (χ1v) is 8.60. The van der Waals surface area contributed by atoms with Gasteiger partial charge in [0.05, 0.1) is 0 Å². The maximum absolute atomic E-state index is 12.7. The molecule has 3 rings (SSSR count). The molecule has 5 heteroatoms. The zero-order valence-corrected chi connectivity index (χ0v) is 14.4. The first-order valence-electron chi connectivity index (χ1n) is 8.60. The van der Waals surface area contributed by atoms with Crippen LogP contribution < -0.4 is 10.6 Å². The summed E-state index contributed by atoms with van der Waals surface area (Å²) in [6.07, 6.45) is 1.85. The van der Waals surface area contributed by atoms with Crippen molar-refractivity contribution in [2.24, 2.45) is 0 Å². The van der Waals surface area contributed by atoms with Crippen LogP contribution in [0.4, 0.5) is 11.4 Å². The summed E-state index contributed by atoms with van der Waals surface area (Å²) in [6, 6.07) is 17.7. The van der Waals surface area contributed by atoms with Gasteiger partial charge in [0.1, 0.15) is 0 Å². The van der Waals surface area contributed by atoms with Gasteiger partial charge in [-0.05, 0) is 43.2 Å². The van der Waals surface area contributed by atoms with Gasteiger partial charge in [0.15, 0.2) is 0 Å². The Morgan fingerprint density at radius 3 is 2.32 bits per heavy atom. The van der Waals surface area contributed by atoms with Crippen LogP contribution in [-0.2, 0) is 4.79 Å². The van der Waals surface area contributed by atoms with Gasteiger partial charge >= 0.3 is 0 Å². The minimum absolute atomic E-state index is 0.0189. The van der Waals surface area contributed by atoms with Crippen LogP contribution in [0.1, 0.15) is 30.1 Å². The molecule has 1 aliphatic rings. The Hall–Kier alpha value is -2.82. The van der Waals surface area contributed by atoms with Crippen LogP contribution in [0.5, 0.6) is 0 Å². The predicted molar refractivity (Wildman–Crippen MR) is 99.7 cm³/mol. The monoisotopic (exact) mass is 337 g/mol. The Labute approximate surface area is 148 Å².